The highest BCUT2D eigenvalue weighted by Crippen LogP contribution is 2.42. The number of pyridine rings is 1. The van der Waals surface area contributed by atoms with Crippen molar-refractivity contribution < 1.29 is 46.1 Å². The van der Waals surface area contributed by atoms with Gasteiger partial charge in [0.25, 0.3) is 0 Å². The zero-order valence-electron chi connectivity index (χ0n) is 12.0. The molecule has 2 rings (SSSR count). The molecule has 0 bridgehead atoms. The second kappa shape index (κ2) is 8.47. The van der Waals surface area contributed by atoms with Gasteiger partial charge in [0.2, 0.25) is 0 Å². The molecule has 0 atom stereocenters. The van der Waals surface area contributed by atoms with Crippen molar-refractivity contribution >= 4 is 27.9 Å². The van der Waals surface area contributed by atoms with E-state index in [1.807, 2.05) is 18.3 Å². The first-order chi connectivity index (χ1) is 11.1. The predicted molar refractivity (Wildman–Crippen MR) is 74.4 cm³/mol. The highest BCUT2D eigenvalue weighted by atomic mass is 79.9. The van der Waals surface area contributed by atoms with Gasteiger partial charge in [-0.05, 0) is 40.4 Å². The monoisotopic (exact) mass is 440 g/mol. The van der Waals surface area contributed by atoms with Crippen LogP contribution in [0.15, 0.2) is 22.9 Å². The number of halogens is 7. The molecule has 0 aliphatic heterocycles. The second-order valence-corrected chi connectivity index (χ2v) is 5.44. The van der Waals surface area contributed by atoms with Gasteiger partial charge in [0.05, 0.1) is 0 Å². The third-order valence-corrected chi connectivity index (χ3v) is 3.05. The Kier molecular flexibility index (Phi) is 7.83. The molecule has 1 heterocycles. The number of nitrogens with zero attached hydrogens (tertiary/aromatic N) is 1. The van der Waals surface area contributed by atoms with Crippen LogP contribution in [-0.2, 0) is 15.1 Å². The Morgan fingerprint density at radius 1 is 1.04 bits per heavy atom. The fourth-order valence-electron chi connectivity index (χ4n) is 1.09. The number of carboxylic acids is 2. The number of rotatable bonds is 1. The van der Waals surface area contributed by atoms with Crippen LogP contribution in [0, 0.1) is 0 Å². The number of aromatic nitrogens is 1. The summed E-state index contributed by atoms with van der Waals surface area (Å²) < 4.78 is 64.3. The van der Waals surface area contributed by atoms with Crippen LogP contribution in [0.5, 0.6) is 0 Å². The number of nitrogens with two attached hydrogens (primary N) is 1. The van der Waals surface area contributed by atoms with Crippen LogP contribution >= 0.6 is 15.9 Å². The van der Waals surface area contributed by atoms with Gasteiger partial charge in [-0.1, -0.05) is 6.07 Å². The van der Waals surface area contributed by atoms with Gasteiger partial charge in [0.1, 0.15) is 4.60 Å². The van der Waals surface area contributed by atoms with Gasteiger partial charge in [-0.25, -0.2) is 14.6 Å². The van der Waals surface area contributed by atoms with Crippen molar-refractivity contribution in [2.24, 2.45) is 5.73 Å². The maximum absolute atomic E-state index is 10.6. The summed E-state index contributed by atoms with van der Waals surface area (Å²) in [5, 5.41) is 14.2. The van der Waals surface area contributed by atoms with Crippen LogP contribution in [0.3, 0.4) is 0 Å². The zero-order valence-corrected chi connectivity index (χ0v) is 13.6. The smallest absolute Gasteiger partial charge is 0.475 e. The van der Waals surface area contributed by atoms with E-state index in [4.69, 9.17) is 25.5 Å². The van der Waals surface area contributed by atoms with E-state index in [1.54, 1.807) is 0 Å². The van der Waals surface area contributed by atoms with E-state index in [0.717, 1.165) is 23.0 Å². The fraction of sp³-hybridized carbons (Fsp3) is 0.417. The number of carboxylic acid groups (broad SMARTS) is 2. The van der Waals surface area contributed by atoms with Crippen molar-refractivity contribution in [3.05, 3.63) is 28.5 Å². The molecular weight excluding hydrogens is 430 g/mol. The molecule has 13 heteroatoms. The average molecular weight is 441 g/mol. The van der Waals surface area contributed by atoms with Gasteiger partial charge in [-0.3, -0.25) is 0 Å². The van der Waals surface area contributed by atoms with Crippen molar-refractivity contribution in [1.29, 1.82) is 0 Å². The minimum atomic E-state index is -5.08. The van der Waals surface area contributed by atoms with Crippen LogP contribution in [0.4, 0.5) is 26.3 Å². The van der Waals surface area contributed by atoms with Crippen molar-refractivity contribution in [2.75, 3.05) is 0 Å². The Hall–Kier alpha value is -1.89. The second-order valence-electron chi connectivity index (χ2n) is 4.63. The Labute approximate surface area is 144 Å². The molecule has 0 saturated heterocycles. The number of carbonyl (C=O) groups is 2. The van der Waals surface area contributed by atoms with E-state index in [1.165, 1.54) is 0 Å². The number of alkyl halides is 6. The molecule has 1 saturated carbocycles. The lowest BCUT2D eigenvalue weighted by Crippen LogP contribution is -2.21. The summed E-state index contributed by atoms with van der Waals surface area (Å²) in [5.74, 6) is -5.51. The SMILES string of the molecule is NC1(c2ccc(Br)nc2)CC1.O=C(O)C(F)(F)F.O=C(O)C(F)(F)F. The molecule has 6 nitrogen and oxygen atoms in total. The van der Waals surface area contributed by atoms with Crippen molar-refractivity contribution in [2.45, 2.75) is 30.7 Å². The highest BCUT2D eigenvalue weighted by molar-refractivity contribution is 9.10. The molecule has 142 valence electrons. The molecule has 0 spiro atoms. The van der Waals surface area contributed by atoms with E-state index in [-0.39, 0.29) is 5.54 Å². The average Bonchev–Trinajstić information content (AvgIpc) is 3.18. The van der Waals surface area contributed by atoms with Gasteiger partial charge in [0, 0.05) is 11.7 Å². The van der Waals surface area contributed by atoms with Crippen molar-refractivity contribution in [3.8, 4) is 0 Å². The maximum Gasteiger partial charge on any atom is 0.490 e. The largest absolute Gasteiger partial charge is 0.490 e. The normalized spacial score (nSPS) is 15.0. The molecule has 25 heavy (non-hydrogen) atoms. The first-order valence-corrected chi connectivity index (χ1v) is 6.90. The molecule has 1 aromatic rings. The molecule has 1 fully saturated rings. The summed E-state index contributed by atoms with van der Waals surface area (Å²) in [6, 6.07) is 3.96. The Morgan fingerprint density at radius 3 is 1.60 bits per heavy atom. The first-order valence-electron chi connectivity index (χ1n) is 6.11. The van der Waals surface area contributed by atoms with E-state index in [9.17, 15) is 26.3 Å². The van der Waals surface area contributed by atoms with Crippen LogP contribution in [0.25, 0.3) is 0 Å². The summed E-state index contributed by atoms with van der Waals surface area (Å²) in [7, 11) is 0. The van der Waals surface area contributed by atoms with Gasteiger partial charge in [0.15, 0.2) is 0 Å². The molecular formula is C12H11BrF6N2O4. The van der Waals surface area contributed by atoms with E-state index >= 15 is 0 Å². The molecule has 0 radical (unpaired) electrons. The third-order valence-electron chi connectivity index (χ3n) is 2.58. The minimum Gasteiger partial charge on any atom is -0.475 e. The number of hydrogen-bond donors (Lipinski definition) is 3. The lowest BCUT2D eigenvalue weighted by molar-refractivity contribution is -0.193. The summed E-state index contributed by atoms with van der Waals surface area (Å²) in [5.41, 5.74) is 7.07. The molecule has 1 aliphatic rings. The van der Waals surface area contributed by atoms with E-state index < -0.39 is 24.3 Å². The summed E-state index contributed by atoms with van der Waals surface area (Å²) in [6.45, 7) is 0. The fourth-order valence-corrected chi connectivity index (χ4v) is 1.33. The predicted octanol–water partition coefficient (Wildman–Crippen LogP) is 3.06. The molecule has 0 amide bonds. The van der Waals surface area contributed by atoms with Crippen LogP contribution in [-0.4, -0.2) is 39.5 Å². The highest BCUT2D eigenvalue weighted by Gasteiger charge is 2.40. The summed E-state index contributed by atoms with van der Waals surface area (Å²) >= 11 is 3.28. The van der Waals surface area contributed by atoms with Crippen LogP contribution in [0.2, 0.25) is 0 Å². The third kappa shape index (κ3) is 9.24. The van der Waals surface area contributed by atoms with Crippen LogP contribution < -0.4 is 5.73 Å². The van der Waals surface area contributed by atoms with Gasteiger partial charge in [-0.2, -0.15) is 26.3 Å². The molecule has 0 unspecified atom stereocenters. The lowest BCUT2D eigenvalue weighted by Gasteiger charge is -2.06. The van der Waals surface area contributed by atoms with Gasteiger partial charge < -0.3 is 15.9 Å². The first kappa shape index (κ1) is 23.1. The maximum atomic E-state index is 10.6. The van der Waals surface area contributed by atoms with Crippen molar-refractivity contribution in [3.63, 3.8) is 0 Å². The Balaban J connectivity index is 0.000000366. The Bertz CT molecular complexity index is 575. The van der Waals surface area contributed by atoms with Gasteiger partial charge >= 0.3 is 24.3 Å². The number of hydrogen-bond acceptors (Lipinski definition) is 4. The number of aliphatic carboxylic acids is 2. The van der Waals surface area contributed by atoms with Crippen molar-refractivity contribution in [1.82, 2.24) is 4.98 Å². The van der Waals surface area contributed by atoms with Gasteiger partial charge in [-0.15, -0.1) is 0 Å². The van der Waals surface area contributed by atoms with Crippen LogP contribution in [0.1, 0.15) is 18.4 Å². The molecule has 0 aromatic carbocycles. The standard InChI is InChI=1S/C8H9BrN2.2C2HF3O2/c9-7-2-1-6(5-11-7)8(10)3-4-8;2*3-2(4,5)1(6)7/h1-2,5H,3-4,10H2;2*(H,6,7). The Morgan fingerprint density at radius 2 is 1.40 bits per heavy atom. The minimum absolute atomic E-state index is 0.0479. The topological polar surface area (TPSA) is 114 Å². The summed E-state index contributed by atoms with van der Waals surface area (Å²) in [4.78, 5) is 21.9. The van der Waals surface area contributed by atoms with E-state index in [0.29, 0.717) is 0 Å². The quantitative estimate of drug-likeness (QED) is 0.456. The molecule has 1 aromatic heterocycles. The zero-order chi connectivity index (χ0) is 20.1. The molecule has 1 aliphatic carbocycles. The van der Waals surface area contributed by atoms with E-state index in [2.05, 4.69) is 20.9 Å². The lowest BCUT2D eigenvalue weighted by atomic mass is 10.1. The summed E-state index contributed by atoms with van der Waals surface area (Å²) in [6.07, 6.45) is -6.14. The molecule has 4 N–H and O–H groups in total.